The number of amides is 2. The summed E-state index contributed by atoms with van der Waals surface area (Å²) < 4.78 is 4.61. The largest absolute Gasteiger partial charge is 0.465 e. The molecular weight excluding hydrogens is 292 g/mol. The molecule has 0 spiro atoms. The maximum atomic E-state index is 12.0. The van der Waals surface area contributed by atoms with Gasteiger partial charge in [-0.05, 0) is 35.5 Å². The van der Waals surface area contributed by atoms with Gasteiger partial charge in [-0.15, -0.1) is 0 Å². The number of nitrogens with two attached hydrogens (primary N) is 1. The molecule has 0 bridgehead atoms. The number of imide groups is 1. The van der Waals surface area contributed by atoms with Crippen molar-refractivity contribution in [1.82, 2.24) is 4.90 Å². The minimum Gasteiger partial charge on any atom is -0.465 e. The number of hydrogen-bond donors (Lipinski definition) is 1. The van der Waals surface area contributed by atoms with Crippen molar-refractivity contribution in [3.8, 4) is 0 Å². The molecule has 1 fully saturated rings. The van der Waals surface area contributed by atoms with E-state index in [0.29, 0.717) is 10.5 Å². The number of hydrogen-bond acceptors (Lipinski definition) is 6. The summed E-state index contributed by atoms with van der Waals surface area (Å²) >= 11 is 0.883. The molecule has 2 N–H and O–H groups in total. The molecule has 0 saturated carbocycles. The van der Waals surface area contributed by atoms with Crippen LogP contribution in [-0.2, 0) is 9.53 Å². The lowest BCUT2D eigenvalue weighted by atomic mass is 10.1. The second kappa shape index (κ2) is 6.55. The maximum absolute atomic E-state index is 12.0. The van der Waals surface area contributed by atoms with Gasteiger partial charge in [0, 0.05) is 13.1 Å². The topological polar surface area (TPSA) is 89.7 Å². The van der Waals surface area contributed by atoms with Gasteiger partial charge in [-0.3, -0.25) is 14.5 Å². The number of methoxy groups -OCH3 is 1. The van der Waals surface area contributed by atoms with Gasteiger partial charge < -0.3 is 10.5 Å². The lowest BCUT2D eigenvalue weighted by Crippen LogP contribution is -2.33. The molecule has 1 aromatic carbocycles. The first-order chi connectivity index (χ1) is 10.1. The predicted molar refractivity (Wildman–Crippen MR) is 79.5 cm³/mol. The first kappa shape index (κ1) is 15.3. The molecule has 0 aliphatic carbocycles. The van der Waals surface area contributed by atoms with Crippen molar-refractivity contribution >= 4 is 35.0 Å². The van der Waals surface area contributed by atoms with Gasteiger partial charge in [0.25, 0.3) is 11.1 Å². The highest BCUT2D eigenvalue weighted by Gasteiger charge is 2.34. The summed E-state index contributed by atoms with van der Waals surface area (Å²) in [5, 5.41) is -0.317. The normalized spacial score (nSPS) is 16.7. The molecule has 0 atom stereocenters. The van der Waals surface area contributed by atoms with E-state index >= 15 is 0 Å². The summed E-state index contributed by atoms with van der Waals surface area (Å²) in [5.74, 6) is -0.766. The predicted octanol–water partition coefficient (Wildman–Crippen LogP) is 1.47. The second-order valence-corrected chi connectivity index (χ2v) is 5.23. The first-order valence-corrected chi connectivity index (χ1v) is 7.02. The van der Waals surface area contributed by atoms with Crippen LogP contribution in [0.15, 0.2) is 29.2 Å². The van der Waals surface area contributed by atoms with Crippen LogP contribution >= 0.6 is 11.8 Å². The second-order valence-electron chi connectivity index (χ2n) is 4.24. The van der Waals surface area contributed by atoms with Crippen molar-refractivity contribution in [2.45, 2.75) is 0 Å². The quantitative estimate of drug-likeness (QED) is 0.669. The van der Waals surface area contributed by atoms with Gasteiger partial charge in [0.05, 0.1) is 17.6 Å². The van der Waals surface area contributed by atoms with E-state index in [0.717, 1.165) is 22.2 Å². The molecule has 6 nitrogen and oxygen atoms in total. The highest BCUT2D eigenvalue weighted by Crippen LogP contribution is 2.31. The van der Waals surface area contributed by atoms with Gasteiger partial charge in [0.15, 0.2) is 0 Å². The third-order valence-electron chi connectivity index (χ3n) is 2.86. The van der Waals surface area contributed by atoms with Gasteiger partial charge in [-0.2, -0.15) is 0 Å². The first-order valence-electron chi connectivity index (χ1n) is 6.20. The van der Waals surface area contributed by atoms with Crippen LogP contribution in [0.1, 0.15) is 15.9 Å². The van der Waals surface area contributed by atoms with Crippen LogP contribution in [0.5, 0.6) is 0 Å². The summed E-state index contributed by atoms with van der Waals surface area (Å²) in [7, 11) is 1.31. The van der Waals surface area contributed by atoms with E-state index < -0.39 is 5.97 Å². The number of carbonyl (C=O) groups is 3. The van der Waals surface area contributed by atoms with Crippen LogP contribution in [0.2, 0.25) is 0 Å². The van der Waals surface area contributed by atoms with Crippen LogP contribution < -0.4 is 5.73 Å². The summed E-state index contributed by atoms with van der Waals surface area (Å²) in [5.41, 5.74) is 6.52. The highest BCUT2D eigenvalue weighted by molar-refractivity contribution is 8.18. The third-order valence-corrected chi connectivity index (χ3v) is 3.76. The fourth-order valence-corrected chi connectivity index (χ4v) is 2.67. The van der Waals surface area contributed by atoms with Crippen molar-refractivity contribution in [1.29, 1.82) is 0 Å². The standard InChI is InChI=1S/C14H14N2O4S/c1-20-13(18)10-4-2-9(3-5-10)8-11-12(17)16(7-6-15)14(19)21-11/h2-5,8H,6-7,15H2,1H3/b11-8-. The molecule has 110 valence electrons. The number of benzene rings is 1. The van der Waals surface area contributed by atoms with Gasteiger partial charge in [-0.1, -0.05) is 12.1 Å². The highest BCUT2D eigenvalue weighted by atomic mass is 32.2. The zero-order valence-corrected chi connectivity index (χ0v) is 12.2. The maximum Gasteiger partial charge on any atom is 0.337 e. The van der Waals surface area contributed by atoms with Gasteiger partial charge in [0.1, 0.15) is 0 Å². The average Bonchev–Trinajstić information content (AvgIpc) is 2.75. The zero-order chi connectivity index (χ0) is 15.4. The van der Waals surface area contributed by atoms with Gasteiger partial charge in [-0.25, -0.2) is 4.79 Å². The van der Waals surface area contributed by atoms with E-state index in [1.54, 1.807) is 30.3 Å². The summed E-state index contributed by atoms with van der Waals surface area (Å²) in [6.45, 7) is 0.447. The van der Waals surface area contributed by atoms with E-state index in [1.165, 1.54) is 7.11 Å². The molecule has 1 saturated heterocycles. The molecule has 7 heteroatoms. The number of carbonyl (C=O) groups excluding carboxylic acids is 3. The molecule has 1 aliphatic heterocycles. The molecule has 0 radical (unpaired) electrons. The Labute approximate surface area is 125 Å². The van der Waals surface area contributed by atoms with E-state index in [-0.39, 0.29) is 24.2 Å². The molecule has 1 heterocycles. The number of thioether (sulfide) groups is 1. The van der Waals surface area contributed by atoms with Crippen molar-refractivity contribution in [2.75, 3.05) is 20.2 Å². The van der Waals surface area contributed by atoms with Crippen LogP contribution in [0.3, 0.4) is 0 Å². The Morgan fingerprint density at radius 2 is 2.00 bits per heavy atom. The number of nitrogens with zero attached hydrogens (tertiary/aromatic N) is 1. The number of esters is 1. The molecule has 0 aromatic heterocycles. The Balaban J connectivity index is 2.19. The van der Waals surface area contributed by atoms with Crippen molar-refractivity contribution < 1.29 is 19.1 Å². The van der Waals surface area contributed by atoms with Crippen molar-refractivity contribution in [3.05, 3.63) is 40.3 Å². The monoisotopic (exact) mass is 306 g/mol. The fourth-order valence-electron chi connectivity index (χ4n) is 1.81. The Morgan fingerprint density at radius 1 is 1.33 bits per heavy atom. The van der Waals surface area contributed by atoms with Crippen LogP contribution in [0, 0.1) is 0 Å². The lowest BCUT2D eigenvalue weighted by Gasteiger charge is -2.09. The fraction of sp³-hybridized carbons (Fsp3) is 0.214. The van der Waals surface area contributed by atoms with Crippen LogP contribution in [-0.4, -0.2) is 42.2 Å². The average molecular weight is 306 g/mol. The molecule has 1 aliphatic rings. The van der Waals surface area contributed by atoms with E-state index in [9.17, 15) is 14.4 Å². The Morgan fingerprint density at radius 3 is 2.57 bits per heavy atom. The number of ether oxygens (including phenoxy) is 1. The minimum atomic E-state index is -0.426. The lowest BCUT2D eigenvalue weighted by molar-refractivity contribution is -0.122. The molecule has 2 amide bonds. The summed E-state index contributed by atoms with van der Waals surface area (Å²) in [4.78, 5) is 36.5. The Bertz CT molecular complexity index is 610. The van der Waals surface area contributed by atoms with Crippen LogP contribution in [0.4, 0.5) is 4.79 Å². The van der Waals surface area contributed by atoms with Crippen molar-refractivity contribution in [2.24, 2.45) is 5.73 Å². The van der Waals surface area contributed by atoms with Crippen LogP contribution in [0.25, 0.3) is 6.08 Å². The smallest absolute Gasteiger partial charge is 0.337 e. The van der Waals surface area contributed by atoms with Gasteiger partial charge >= 0.3 is 5.97 Å². The minimum absolute atomic E-state index is 0.212. The molecule has 0 unspecified atom stereocenters. The molecular formula is C14H14N2O4S. The molecule has 2 rings (SSSR count). The van der Waals surface area contributed by atoms with Gasteiger partial charge in [0.2, 0.25) is 0 Å². The third kappa shape index (κ3) is 3.32. The van der Waals surface area contributed by atoms with E-state index in [1.807, 2.05) is 0 Å². The van der Waals surface area contributed by atoms with Crippen molar-refractivity contribution in [3.63, 3.8) is 0 Å². The Hall–Kier alpha value is -2.12. The zero-order valence-electron chi connectivity index (χ0n) is 11.4. The summed E-state index contributed by atoms with van der Waals surface area (Å²) in [6.07, 6.45) is 1.61. The van der Waals surface area contributed by atoms with E-state index in [2.05, 4.69) is 4.74 Å². The molecule has 1 aromatic rings. The number of rotatable bonds is 4. The molecule has 21 heavy (non-hydrogen) atoms. The Kier molecular flexibility index (Phi) is 4.77. The summed E-state index contributed by atoms with van der Waals surface area (Å²) in [6, 6.07) is 6.57. The van der Waals surface area contributed by atoms with E-state index in [4.69, 9.17) is 5.73 Å². The SMILES string of the molecule is COC(=O)c1ccc(/C=C2\SC(=O)N(CCN)C2=O)cc1.